The molecule has 7 nitrogen and oxygen atoms in total. The first-order valence-electron chi connectivity index (χ1n) is 13.4. The third-order valence-electron chi connectivity index (χ3n) is 11.0. The molecule has 0 aromatic rings. The van der Waals surface area contributed by atoms with E-state index in [-0.39, 0.29) is 54.2 Å². The Bertz CT molecular complexity index is 1170. The van der Waals surface area contributed by atoms with Gasteiger partial charge >= 0.3 is 5.97 Å². The standard InChI is InChI=1S/C30H40O7/c1-15(10-17(31)11-16(2)26(36)37)18-12-23(35)30(7)25-19(32)13-21-27(3,4)22(34)8-9-28(21,5)24(25)20(33)14-29(18,30)6/h10,16,18,21,23,35H,8-9,11-14H2,1-7H3,(H,36,37)/b15-10+. The Morgan fingerprint density at radius 3 is 2.27 bits per heavy atom. The van der Waals surface area contributed by atoms with Crippen molar-refractivity contribution in [3.05, 3.63) is 22.8 Å². The number of carboxylic acids is 1. The van der Waals surface area contributed by atoms with E-state index in [0.717, 1.165) is 0 Å². The summed E-state index contributed by atoms with van der Waals surface area (Å²) in [4.78, 5) is 64.5. The Morgan fingerprint density at radius 1 is 1.05 bits per heavy atom. The normalized spacial score (nSPS) is 40.2. The summed E-state index contributed by atoms with van der Waals surface area (Å²) < 4.78 is 0. The summed E-state index contributed by atoms with van der Waals surface area (Å²) in [6, 6.07) is 0. The predicted molar refractivity (Wildman–Crippen MR) is 136 cm³/mol. The number of Topliss-reactive ketones (excluding diaryl/α,β-unsaturated/α-hetero) is 3. The van der Waals surface area contributed by atoms with Crippen molar-refractivity contribution in [3.63, 3.8) is 0 Å². The van der Waals surface area contributed by atoms with Gasteiger partial charge in [0.2, 0.25) is 0 Å². The van der Waals surface area contributed by atoms with Crippen LogP contribution in [0.15, 0.2) is 22.8 Å². The molecule has 7 heteroatoms. The number of carbonyl (C=O) groups excluding carboxylic acids is 4. The van der Waals surface area contributed by atoms with Crippen LogP contribution in [0, 0.1) is 39.4 Å². The summed E-state index contributed by atoms with van der Waals surface area (Å²) in [5.41, 5.74) is -1.46. The number of carboxylic acid groups (broad SMARTS) is 1. The number of allylic oxidation sites excluding steroid dienone is 3. The number of ketones is 4. The molecule has 0 aliphatic heterocycles. The maximum absolute atomic E-state index is 14.0. The lowest BCUT2D eigenvalue weighted by Gasteiger charge is -2.59. The largest absolute Gasteiger partial charge is 0.481 e. The number of carbonyl (C=O) groups is 5. The molecule has 0 spiro atoms. The smallest absolute Gasteiger partial charge is 0.306 e. The summed E-state index contributed by atoms with van der Waals surface area (Å²) >= 11 is 0. The van der Waals surface area contributed by atoms with Gasteiger partial charge in [-0.15, -0.1) is 0 Å². The first kappa shape index (κ1) is 27.6. The molecule has 7 unspecified atom stereocenters. The average molecular weight is 513 g/mol. The van der Waals surface area contributed by atoms with Gasteiger partial charge in [-0.1, -0.05) is 47.1 Å². The van der Waals surface area contributed by atoms with E-state index >= 15 is 0 Å². The van der Waals surface area contributed by atoms with Crippen LogP contribution in [-0.2, 0) is 24.0 Å². The highest BCUT2D eigenvalue weighted by atomic mass is 16.4. The van der Waals surface area contributed by atoms with Gasteiger partial charge in [-0.2, -0.15) is 0 Å². The second-order valence-electron chi connectivity index (χ2n) is 13.3. The van der Waals surface area contributed by atoms with Gasteiger partial charge in [-0.05, 0) is 43.1 Å². The molecule has 0 heterocycles. The van der Waals surface area contributed by atoms with E-state index in [2.05, 4.69) is 0 Å². The molecule has 0 radical (unpaired) electrons. The van der Waals surface area contributed by atoms with Crippen LogP contribution in [0.3, 0.4) is 0 Å². The van der Waals surface area contributed by atoms with Gasteiger partial charge in [0.15, 0.2) is 17.3 Å². The Labute approximate surface area is 218 Å². The molecule has 4 rings (SSSR count). The quantitative estimate of drug-likeness (QED) is 0.527. The number of hydrogen-bond donors (Lipinski definition) is 2. The van der Waals surface area contributed by atoms with Gasteiger partial charge in [-0.3, -0.25) is 24.0 Å². The van der Waals surface area contributed by atoms with Crippen molar-refractivity contribution >= 4 is 29.1 Å². The third-order valence-corrected chi connectivity index (χ3v) is 11.0. The molecule has 202 valence electrons. The maximum atomic E-state index is 14.0. The molecule has 0 saturated heterocycles. The first-order valence-corrected chi connectivity index (χ1v) is 13.4. The molecule has 2 N–H and O–H groups in total. The van der Waals surface area contributed by atoms with E-state index in [1.807, 2.05) is 34.6 Å². The van der Waals surface area contributed by atoms with Crippen LogP contribution in [0.4, 0.5) is 0 Å². The highest BCUT2D eigenvalue weighted by molar-refractivity contribution is 6.12. The minimum atomic E-state index is -1.04. The highest BCUT2D eigenvalue weighted by Crippen LogP contribution is 2.70. The number of rotatable bonds is 5. The Hall–Kier alpha value is -2.41. The number of hydrogen-bond acceptors (Lipinski definition) is 6. The van der Waals surface area contributed by atoms with Crippen molar-refractivity contribution in [2.45, 2.75) is 93.1 Å². The lowest BCUT2D eigenvalue weighted by atomic mass is 9.43. The van der Waals surface area contributed by atoms with Crippen LogP contribution >= 0.6 is 0 Å². The second kappa shape index (κ2) is 8.55. The number of aliphatic hydroxyl groups excluding tert-OH is 1. The van der Waals surface area contributed by atoms with Gasteiger partial charge in [0, 0.05) is 53.1 Å². The molecule has 7 atom stereocenters. The van der Waals surface area contributed by atoms with E-state index < -0.39 is 39.7 Å². The topological polar surface area (TPSA) is 126 Å². The molecular formula is C30H40O7. The zero-order valence-corrected chi connectivity index (χ0v) is 23.1. The summed E-state index contributed by atoms with van der Waals surface area (Å²) in [5, 5.41) is 20.7. The fourth-order valence-electron chi connectivity index (χ4n) is 8.49. The van der Waals surface area contributed by atoms with Crippen LogP contribution in [0.5, 0.6) is 0 Å². The van der Waals surface area contributed by atoms with Gasteiger partial charge in [0.25, 0.3) is 0 Å². The lowest BCUT2D eigenvalue weighted by molar-refractivity contribution is -0.146. The highest BCUT2D eigenvalue weighted by Gasteiger charge is 2.69. The molecule has 0 aromatic heterocycles. The van der Waals surface area contributed by atoms with E-state index in [4.69, 9.17) is 5.11 Å². The Kier molecular flexibility index (Phi) is 6.38. The summed E-state index contributed by atoms with van der Waals surface area (Å²) in [5.74, 6) is -2.88. The number of aliphatic hydroxyl groups is 1. The molecule has 2 saturated carbocycles. The molecule has 0 aromatic carbocycles. The van der Waals surface area contributed by atoms with Crippen molar-refractivity contribution in [1.82, 2.24) is 0 Å². The number of fused-ring (bicyclic) bond motifs is 4. The average Bonchev–Trinajstić information content (AvgIpc) is 2.99. The maximum Gasteiger partial charge on any atom is 0.306 e. The van der Waals surface area contributed by atoms with Gasteiger partial charge in [-0.25, -0.2) is 0 Å². The molecule has 0 amide bonds. The fraction of sp³-hybridized carbons (Fsp3) is 0.700. The van der Waals surface area contributed by atoms with Crippen molar-refractivity contribution in [3.8, 4) is 0 Å². The van der Waals surface area contributed by atoms with Crippen molar-refractivity contribution in [2.24, 2.45) is 39.4 Å². The van der Waals surface area contributed by atoms with Crippen LogP contribution in [0.1, 0.15) is 87.0 Å². The minimum absolute atomic E-state index is 0.0987. The molecule has 2 fully saturated rings. The van der Waals surface area contributed by atoms with Gasteiger partial charge < -0.3 is 10.2 Å². The zero-order valence-electron chi connectivity index (χ0n) is 23.1. The Morgan fingerprint density at radius 2 is 1.68 bits per heavy atom. The van der Waals surface area contributed by atoms with Crippen LogP contribution in [-0.4, -0.2) is 45.4 Å². The van der Waals surface area contributed by atoms with E-state index in [9.17, 15) is 29.1 Å². The minimum Gasteiger partial charge on any atom is -0.481 e. The fourth-order valence-corrected chi connectivity index (χ4v) is 8.49. The molecule has 0 bridgehead atoms. The van der Waals surface area contributed by atoms with E-state index in [0.29, 0.717) is 36.0 Å². The Balaban J connectivity index is 1.81. The van der Waals surface area contributed by atoms with Crippen molar-refractivity contribution in [2.75, 3.05) is 0 Å². The first-order chi connectivity index (χ1) is 16.9. The van der Waals surface area contributed by atoms with Crippen LogP contribution in [0.2, 0.25) is 0 Å². The third kappa shape index (κ3) is 3.67. The van der Waals surface area contributed by atoms with E-state index in [1.165, 1.54) is 13.0 Å². The molecular weight excluding hydrogens is 472 g/mol. The van der Waals surface area contributed by atoms with Gasteiger partial charge in [0.1, 0.15) is 5.78 Å². The lowest BCUT2D eigenvalue weighted by Crippen LogP contribution is -2.59. The van der Waals surface area contributed by atoms with Crippen molar-refractivity contribution in [1.29, 1.82) is 0 Å². The van der Waals surface area contributed by atoms with Crippen LogP contribution in [0.25, 0.3) is 0 Å². The SMILES string of the molecule is C/C(=C\C(=O)CC(C)C(=O)O)C1CC(O)C2(C)C3=C(C(=O)CC12C)C1(C)CCC(=O)C(C)(C)C1CC3=O. The van der Waals surface area contributed by atoms with E-state index in [1.54, 1.807) is 6.92 Å². The molecule has 4 aliphatic rings. The predicted octanol–water partition coefficient (Wildman–Crippen LogP) is 4.26. The van der Waals surface area contributed by atoms with Crippen LogP contribution < -0.4 is 0 Å². The summed E-state index contributed by atoms with van der Waals surface area (Å²) in [6.07, 6.45) is 1.92. The monoisotopic (exact) mass is 512 g/mol. The summed E-state index contributed by atoms with van der Waals surface area (Å²) in [6.45, 7) is 12.9. The molecule has 4 aliphatic carbocycles. The molecule has 37 heavy (non-hydrogen) atoms. The van der Waals surface area contributed by atoms with Gasteiger partial charge in [0.05, 0.1) is 12.0 Å². The number of aliphatic carboxylic acids is 1. The summed E-state index contributed by atoms with van der Waals surface area (Å²) in [7, 11) is 0. The second-order valence-corrected chi connectivity index (χ2v) is 13.3. The zero-order chi connectivity index (χ0) is 27.9. The van der Waals surface area contributed by atoms with Crippen molar-refractivity contribution < 1.29 is 34.2 Å².